The third-order valence-electron chi connectivity index (χ3n) is 4.45. The number of benzene rings is 1. The first-order chi connectivity index (χ1) is 11.6. The Labute approximate surface area is 140 Å². The van der Waals surface area contributed by atoms with Gasteiger partial charge in [-0.3, -0.25) is 0 Å². The summed E-state index contributed by atoms with van der Waals surface area (Å²) in [5, 5.41) is 0. The van der Waals surface area contributed by atoms with Crippen molar-refractivity contribution in [2.24, 2.45) is 5.92 Å². The van der Waals surface area contributed by atoms with Gasteiger partial charge in [-0.2, -0.15) is 0 Å². The topological polar surface area (TPSA) is 102 Å². The van der Waals surface area contributed by atoms with E-state index in [-0.39, 0.29) is 15.6 Å². The lowest BCUT2D eigenvalue weighted by molar-refractivity contribution is 0.597. The van der Waals surface area contributed by atoms with Crippen LogP contribution in [0.2, 0.25) is 0 Å². The highest BCUT2D eigenvalue weighted by molar-refractivity contribution is 7.91. The van der Waals surface area contributed by atoms with Gasteiger partial charge >= 0.3 is 0 Å². The summed E-state index contributed by atoms with van der Waals surface area (Å²) >= 11 is 0. The SMILES string of the molecule is Nc1[nH]c2c(CCC3CC3)ncnc2c1S(=O)(=O)c1ccccc1. The molecule has 124 valence electrons. The molecule has 3 N–H and O–H groups in total. The minimum atomic E-state index is -3.74. The molecular weight excluding hydrogens is 324 g/mol. The van der Waals surface area contributed by atoms with Gasteiger partial charge in [0.25, 0.3) is 0 Å². The van der Waals surface area contributed by atoms with E-state index < -0.39 is 9.84 Å². The molecule has 2 aromatic heterocycles. The maximum atomic E-state index is 13.0. The predicted molar refractivity (Wildman–Crippen MR) is 91.2 cm³/mol. The van der Waals surface area contributed by atoms with Crippen molar-refractivity contribution in [2.75, 3.05) is 5.73 Å². The third kappa shape index (κ3) is 2.54. The molecule has 7 heteroatoms. The molecule has 0 unspecified atom stereocenters. The Bertz CT molecular complexity index is 992. The van der Waals surface area contributed by atoms with E-state index in [1.54, 1.807) is 30.3 Å². The number of aromatic nitrogens is 3. The van der Waals surface area contributed by atoms with E-state index in [9.17, 15) is 8.42 Å². The van der Waals surface area contributed by atoms with Crippen LogP contribution in [-0.4, -0.2) is 23.4 Å². The van der Waals surface area contributed by atoms with Crippen molar-refractivity contribution in [3.63, 3.8) is 0 Å². The highest BCUT2D eigenvalue weighted by Gasteiger charge is 2.28. The highest BCUT2D eigenvalue weighted by atomic mass is 32.2. The number of nitrogen functional groups attached to an aromatic ring is 1. The molecule has 2 heterocycles. The second-order valence-electron chi connectivity index (χ2n) is 6.21. The Balaban J connectivity index is 1.84. The van der Waals surface area contributed by atoms with Gasteiger partial charge in [-0.05, 0) is 30.9 Å². The molecule has 3 aromatic rings. The summed E-state index contributed by atoms with van der Waals surface area (Å²) < 4.78 is 25.9. The summed E-state index contributed by atoms with van der Waals surface area (Å²) in [6.07, 6.45) is 5.82. The summed E-state index contributed by atoms with van der Waals surface area (Å²) in [7, 11) is -3.74. The number of fused-ring (bicyclic) bond motifs is 1. The summed E-state index contributed by atoms with van der Waals surface area (Å²) in [5.74, 6) is 0.886. The van der Waals surface area contributed by atoms with Crippen molar-refractivity contribution in [3.05, 3.63) is 42.4 Å². The Morgan fingerprint density at radius 1 is 1.17 bits per heavy atom. The minimum Gasteiger partial charge on any atom is -0.384 e. The first kappa shape index (κ1) is 15.1. The van der Waals surface area contributed by atoms with Crippen molar-refractivity contribution < 1.29 is 8.42 Å². The number of aromatic amines is 1. The molecule has 4 rings (SSSR count). The lowest BCUT2D eigenvalue weighted by atomic mass is 10.1. The van der Waals surface area contributed by atoms with E-state index in [4.69, 9.17) is 5.73 Å². The van der Waals surface area contributed by atoms with Crippen molar-refractivity contribution in [3.8, 4) is 0 Å². The lowest BCUT2D eigenvalue weighted by Gasteiger charge is -2.04. The van der Waals surface area contributed by atoms with Crippen LogP contribution in [0.5, 0.6) is 0 Å². The molecule has 0 radical (unpaired) electrons. The van der Waals surface area contributed by atoms with Crippen LogP contribution < -0.4 is 5.73 Å². The Morgan fingerprint density at radius 2 is 1.92 bits per heavy atom. The van der Waals surface area contributed by atoms with E-state index in [0.717, 1.165) is 24.5 Å². The van der Waals surface area contributed by atoms with Crippen LogP contribution in [0.25, 0.3) is 11.0 Å². The van der Waals surface area contributed by atoms with E-state index >= 15 is 0 Å². The molecule has 0 amide bonds. The largest absolute Gasteiger partial charge is 0.384 e. The Morgan fingerprint density at radius 3 is 2.62 bits per heavy atom. The van der Waals surface area contributed by atoms with Gasteiger partial charge in [0.05, 0.1) is 16.1 Å². The summed E-state index contributed by atoms with van der Waals surface area (Å²) in [4.78, 5) is 11.8. The van der Waals surface area contributed by atoms with Gasteiger partial charge in [-0.25, -0.2) is 18.4 Å². The van der Waals surface area contributed by atoms with Crippen molar-refractivity contribution in [1.29, 1.82) is 0 Å². The monoisotopic (exact) mass is 342 g/mol. The molecule has 0 saturated heterocycles. The van der Waals surface area contributed by atoms with Crippen molar-refractivity contribution in [2.45, 2.75) is 35.5 Å². The Hall–Kier alpha value is -2.41. The normalized spacial score (nSPS) is 15.0. The molecule has 1 fully saturated rings. The van der Waals surface area contributed by atoms with Gasteiger partial charge in [0.2, 0.25) is 9.84 Å². The number of sulfone groups is 1. The van der Waals surface area contributed by atoms with Crippen LogP contribution >= 0.6 is 0 Å². The molecule has 0 bridgehead atoms. The molecule has 0 spiro atoms. The number of rotatable bonds is 5. The fraction of sp³-hybridized carbons (Fsp3) is 0.294. The van der Waals surface area contributed by atoms with E-state index in [0.29, 0.717) is 11.0 Å². The number of hydrogen-bond donors (Lipinski definition) is 2. The first-order valence-electron chi connectivity index (χ1n) is 7.98. The van der Waals surface area contributed by atoms with Gasteiger partial charge in [0.15, 0.2) is 0 Å². The van der Waals surface area contributed by atoms with Crippen LogP contribution in [0.15, 0.2) is 46.5 Å². The summed E-state index contributed by atoms with van der Waals surface area (Å²) in [5.41, 5.74) is 7.84. The zero-order chi connectivity index (χ0) is 16.7. The Kier molecular flexibility index (Phi) is 3.53. The van der Waals surface area contributed by atoms with E-state index in [1.165, 1.54) is 19.2 Å². The molecule has 1 aliphatic rings. The van der Waals surface area contributed by atoms with Gasteiger partial charge in [-0.15, -0.1) is 0 Å². The van der Waals surface area contributed by atoms with Crippen LogP contribution in [0, 0.1) is 5.92 Å². The summed E-state index contributed by atoms with van der Waals surface area (Å²) in [6, 6.07) is 8.27. The predicted octanol–water partition coefficient (Wildman–Crippen LogP) is 2.72. The zero-order valence-electron chi connectivity index (χ0n) is 13.1. The summed E-state index contributed by atoms with van der Waals surface area (Å²) in [6.45, 7) is 0. The average molecular weight is 342 g/mol. The van der Waals surface area contributed by atoms with Crippen LogP contribution in [0.4, 0.5) is 5.82 Å². The molecule has 1 saturated carbocycles. The fourth-order valence-corrected chi connectivity index (χ4v) is 4.47. The molecule has 0 aliphatic heterocycles. The van der Waals surface area contributed by atoms with Crippen LogP contribution in [-0.2, 0) is 16.3 Å². The number of hydrogen-bond acceptors (Lipinski definition) is 5. The molecular formula is C17H18N4O2S. The average Bonchev–Trinajstić information content (AvgIpc) is 3.34. The number of aryl methyl sites for hydroxylation is 1. The molecule has 0 atom stereocenters. The standard InChI is InChI=1S/C17H18N4O2S/c18-17-16(24(22,23)12-4-2-1-3-5-12)15-14(21-17)13(19-10-20-15)9-8-11-6-7-11/h1-5,10-11,21H,6-9,18H2. The number of H-pyrrole nitrogens is 1. The fourth-order valence-electron chi connectivity index (χ4n) is 2.97. The number of nitrogens with two attached hydrogens (primary N) is 1. The quantitative estimate of drug-likeness (QED) is 0.742. The third-order valence-corrected chi connectivity index (χ3v) is 6.30. The minimum absolute atomic E-state index is 0.0405. The second-order valence-corrected chi connectivity index (χ2v) is 8.10. The highest BCUT2D eigenvalue weighted by Crippen LogP contribution is 2.36. The molecule has 24 heavy (non-hydrogen) atoms. The van der Waals surface area contributed by atoms with Gasteiger partial charge in [-0.1, -0.05) is 31.0 Å². The van der Waals surface area contributed by atoms with Crippen LogP contribution in [0.1, 0.15) is 25.0 Å². The first-order valence-corrected chi connectivity index (χ1v) is 9.47. The smallest absolute Gasteiger partial charge is 0.212 e. The maximum Gasteiger partial charge on any atom is 0.212 e. The lowest BCUT2D eigenvalue weighted by Crippen LogP contribution is -2.05. The van der Waals surface area contributed by atoms with E-state index in [1.807, 2.05) is 0 Å². The number of nitrogens with zero attached hydrogens (tertiary/aromatic N) is 2. The van der Waals surface area contributed by atoms with Crippen LogP contribution in [0.3, 0.4) is 0 Å². The number of anilines is 1. The van der Waals surface area contributed by atoms with E-state index in [2.05, 4.69) is 15.0 Å². The van der Waals surface area contributed by atoms with Gasteiger partial charge < -0.3 is 10.7 Å². The molecule has 6 nitrogen and oxygen atoms in total. The molecule has 1 aliphatic carbocycles. The molecule has 1 aromatic carbocycles. The maximum absolute atomic E-state index is 13.0. The van der Waals surface area contributed by atoms with Crippen molar-refractivity contribution >= 4 is 26.7 Å². The van der Waals surface area contributed by atoms with Gasteiger partial charge in [0, 0.05) is 0 Å². The van der Waals surface area contributed by atoms with Crippen molar-refractivity contribution in [1.82, 2.24) is 15.0 Å². The van der Waals surface area contributed by atoms with Gasteiger partial charge in [0.1, 0.15) is 22.6 Å². The second kappa shape index (κ2) is 5.59. The number of nitrogens with one attached hydrogen (secondary N) is 1. The zero-order valence-corrected chi connectivity index (χ0v) is 13.9.